The number of piperidine rings is 1. The predicted octanol–water partition coefficient (Wildman–Crippen LogP) is 6.84. The van der Waals surface area contributed by atoms with Crippen molar-refractivity contribution in [2.45, 2.75) is 52.1 Å². The number of hydrogen-bond donors (Lipinski definition) is 2. The van der Waals surface area contributed by atoms with Crippen molar-refractivity contribution in [2.75, 3.05) is 51.2 Å². The molecule has 2 aliphatic heterocycles. The molecule has 2 aliphatic rings. The fraction of sp³-hybridized carbons (Fsp3) is 0.389. The van der Waals surface area contributed by atoms with E-state index in [1.165, 1.54) is 6.42 Å². The van der Waals surface area contributed by atoms with Crippen molar-refractivity contribution in [3.8, 4) is 39.4 Å². The molecule has 3 aromatic heterocycles. The molecule has 2 N–H and O–H groups in total. The van der Waals surface area contributed by atoms with Gasteiger partial charge in [0.05, 0.1) is 26.7 Å². The molecule has 0 atom stereocenters. The Hall–Kier alpha value is -4.68. The summed E-state index contributed by atoms with van der Waals surface area (Å²) in [5.74, 6) is 4.86. The SMILES string of the molecule is COc1ccc(CNc2ncc(-c3nnc(C)s3)c3cc(N4CCC5(CCN5)CC4)nc(Oc4c(C)ccc(OC)c4C)c23)c(OC)c1. The van der Waals surface area contributed by atoms with Crippen LogP contribution in [0.25, 0.3) is 21.3 Å². The molecular weight excluding hydrogens is 627 g/mol. The summed E-state index contributed by atoms with van der Waals surface area (Å²) >= 11 is 1.54. The minimum absolute atomic E-state index is 0.264. The smallest absolute Gasteiger partial charge is 0.232 e. The third-order valence-corrected chi connectivity index (χ3v) is 10.5. The van der Waals surface area contributed by atoms with Crippen LogP contribution in [0.5, 0.6) is 28.9 Å². The molecule has 250 valence electrons. The Balaban J connectivity index is 1.39. The average molecular weight is 668 g/mol. The van der Waals surface area contributed by atoms with Gasteiger partial charge in [0.1, 0.15) is 44.6 Å². The van der Waals surface area contributed by atoms with Crippen molar-refractivity contribution in [1.82, 2.24) is 25.5 Å². The molecule has 0 unspecified atom stereocenters. The van der Waals surface area contributed by atoms with Gasteiger partial charge >= 0.3 is 0 Å². The molecule has 2 aromatic carbocycles. The summed E-state index contributed by atoms with van der Waals surface area (Å²) in [5, 5.41) is 19.5. The Labute approximate surface area is 284 Å². The second-order valence-corrected chi connectivity index (χ2v) is 13.7. The molecule has 2 fully saturated rings. The summed E-state index contributed by atoms with van der Waals surface area (Å²) in [5.41, 5.74) is 3.97. The summed E-state index contributed by atoms with van der Waals surface area (Å²) in [4.78, 5) is 12.6. The van der Waals surface area contributed by atoms with Crippen LogP contribution in [0.15, 0.2) is 42.6 Å². The lowest BCUT2D eigenvalue weighted by molar-refractivity contribution is 0.163. The van der Waals surface area contributed by atoms with Gasteiger partial charge in [-0.2, -0.15) is 4.98 Å². The maximum absolute atomic E-state index is 6.88. The zero-order chi connectivity index (χ0) is 33.4. The van der Waals surface area contributed by atoms with E-state index >= 15 is 0 Å². The van der Waals surface area contributed by atoms with Gasteiger partial charge in [-0.25, -0.2) is 4.98 Å². The largest absolute Gasteiger partial charge is 0.497 e. The van der Waals surface area contributed by atoms with E-state index < -0.39 is 0 Å². The first kappa shape index (κ1) is 31.9. The van der Waals surface area contributed by atoms with Gasteiger partial charge in [0.25, 0.3) is 0 Å². The van der Waals surface area contributed by atoms with Crippen LogP contribution in [-0.4, -0.2) is 66.7 Å². The summed E-state index contributed by atoms with van der Waals surface area (Å²) in [6, 6.07) is 11.9. The molecule has 5 aromatic rings. The predicted molar refractivity (Wildman–Crippen MR) is 189 cm³/mol. The standard InChI is InChI=1S/C36H41N7O4S/c1-21-7-10-28(45-5)22(2)32(21)47-34-31-26(18-30(40-34)43-15-12-36(13-16-43)11-14-39-36)27(35-42-41-23(3)48-35)20-38-33(31)37-19-24-8-9-25(44-4)17-29(24)46-6/h7-10,17-18,20,39H,11-16,19H2,1-6H3,(H,37,38). The molecule has 11 nitrogen and oxygen atoms in total. The van der Waals surface area contributed by atoms with Crippen LogP contribution in [0.1, 0.15) is 41.0 Å². The third-order valence-electron chi connectivity index (χ3n) is 9.64. The number of methoxy groups -OCH3 is 3. The van der Waals surface area contributed by atoms with Gasteiger partial charge in [0.2, 0.25) is 5.88 Å². The van der Waals surface area contributed by atoms with Crippen LogP contribution >= 0.6 is 11.3 Å². The van der Waals surface area contributed by atoms with E-state index in [1.54, 1.807) is 32.7 Å². The van der Waals surface area contributed by atoms with Crippen molar-refractivity contribution in [1.29, 1.82) is 0 Å². The average Bonchev–Trinajstić information content (AvgIpc) is 3.53. The van der Waals surface area contributed by atoms with Crippen LogP contribution < -0.4 is 34.5 Å². The number of benzene rings is 2. The molecule has 5 heterocycles. The highest BCUT2D eigenvalue weighted by molar-refractivity contribution is 7.14. The van der Waals surface area contributed by atoms with Crippen molar-refractivity contribution >= 4 is 33.7 Å². The van der Waals surface area contributed by atoms with Crippen molar-refractivity contribution in [2.24, 2.45) is 0 Å². The highest BCUT2D eigenvalue weighted by atomic mass is 32.1. The molecule has 0 saturated carbocycles. The number of rotatable bonds is 10. The van der Waals surface area contributed by atoms with Gasteiger partial charge < -0.3 is 34.5 Å². The quantitative estimate of drug-likeness (QED) is 0.163. The molecule has 0 amide bonds. The minimum Gasteiger partial charge on any atom is -0.497 e. The second kappa shape index (κ2) is 13.1. The number of aromatic nitrogens is 4. The van der Waals surface area contributed by atoms with E-state index in [9.17, 15) is 0 Å². The highest BCUT2D eigenvalue weighted by Gasteiger charge is 2.39. The number of pyridine rings is 2. The molecule has 1 spiro atoms. The number of anilines is 2. The molecule has 2 saturated heterocycles. The van der Waals surface area contributed by atoms with Crippen LogP contribution in [0.3, 0.4) is 0 Å². The zero-order valence-electron chi connectivity index (χ0n) is 28.3. The van der Waals surface area contributed by atoms with Gasteiger partial charge in [-0.05, 0) is 76.4 Å². The first-order valence-corrected chi connectivity index (χ1v) is 17.0. The van der Waals surface area contributed by atoms with Crippen LogP contribution in [0.4, 0.5) is 11.6 Å². The van der Waals surface area contributed by atoms with E-state index in [0.717, 1.165) is 98.6 Å². The first-order valence-electron chi connectivity index (χ1n) is 16.2. The second-order valence-electron chi connectivity index (χ2n) is 12.5. The first-order chi connectivity index (χ1) is 23.3. The zero-order valence-corrected chi connectivity index (χ0v) is 29.1. The van der Waals surface area contributed by atoms with Crippen molar-refractivity contribution in [3.63, 3.8) is 0 Å². The molecule has 0 aliphatic carbocycles. The van der Waals surface area contributed by atoms with E-state index in [4.69, 9.17) is 28.9 Å². The number of ether oxygens (including phenoxy) is 4. The third kappa shape index (κ3) is 5.94. The Kier molecular flexibility index (Phi) is 8.69. The number of nitrogens with one attached hydrogen (secondary N) is 2. The summed E-state index contributed by atoms with van der Waals surface area (Å²) in [6.45, 7) is 9.36. The Morgan fingerprint density at radius 1 is 0.938 bits per heavy atom. The number of hydrogen-bond acceptors (Lipinski definition) is 12. The Morgan fingerprint density at radius 3 is 2.40 bits per heavy atom. The van der Waals surface area contributed by atoms with E-state index in [2.05, 4.69) is 31.8 Å². The maximum Gasteiger partial charge on any atom is 0.232 e. The lowest BCUT2D eigenvalue weighted by Gasteiger charge is -2.49. The van der Waals surface area contributed by atoms with Gasteiger partial charge in [0, 0.05) is 59.5 Å². The van der Waals surface area contributed by atoms with Crippen LogP contribution in [0, 0.1) is 20.8 Å². The molecule has 0 bridgehead atoms. The fourth-order valence-electron chi connectivity index (χ4n) is 6.69. The summed E-state index contributed by atoms with van der Waals surface area (Å²) in [6.07, 6.45) is 5.25. The lowest BCUT2D eigenvalue weighted by atomic mass is 9.79. The molecular formula is C36H41N7O4S. The molecule has 7 rings (SSSR count). The van der Waals surface area contributed by atoms with Crippen LogP contribution in [-0.2, 0) is 6.54 Å². The van der Waals surface area contributed by atoms with E-state index in [1.807, 2.05) is 57.3 Å². The molecule has 0 radical (unpaired) electrons. The fourth-order valence-corrected chi connectivity index (χ4v) is 7.40. The van der Waals surface area contributed by atoms with Gasteiger partial charge in [0.15, 0.2) is 0 Å². The number of nitrogens with zero attached hydrogens (tertiary/aromatic N) is 5. The lowest BCUT2D eigenvalue weighted by Crippen LogP contribution is -2.62. The number of fused-ring (bicyclic) bond motifs is 1. The monoisotopic (exact) mass is 667 g/mol. The van der Waals surface area contributed by atoms with Crippen molar-refractivity contribution in [3.05, 3.63) is 64.3 Å². The normalized spacial score (nSPS) is 15.3. The maximum atomic E-state index is 6.88. The summed E-state index contributed by atoms with van der Waals surface area (Å²) < 4.78 is 23.7. The van der Waals surface area contributed by atoms with Crippen molar-refractivity contribution < 1.29 is 18.9 Å². The molecule has 48 heavy (non-hydrogen) atoms. The minimum atomic E-state index is 0.264. The van der Waals surface area contributed by atoms with E-state index in [0.29, 0.717) is 24.0 Å². The topological polar surface area (TPSA) is 116 Å². The van der Waals surface area contributed by atoms with Gasteiger partial charge in [-0.3, -0.25) is 0 Å². The number of aryl methyl sites for hydroxylation is 2. The van der Waals surface area contributed by atoms with Gasteiger partial charge in [-0.15, -0.1) is 10.2 Å². The summed E-state index contributed by atoms with van der Waals surface area (Å²) in [7, 11) is 4.97. The van der Waals surface area contributed by atoms with E-state index in [-0.39, 0.29) is 5.54 Å². The van der Waals surface area contributed by atoms with Gasteiger partial charge in [-0.1, -0.05) is 17.4 Å². The Morgan fingerprint density at radius 2 is 1.73 bits per heavy atom. The highest BCUT2D eigenvalue weighted by Crippen LogP contribution is 2.44. The molecule has 12 heteroatoms. The van der Waals surface area contributed by atoms with Crippen LogP contribution in [0.2, 0.25) is 0 Å². The Bertz CT molecular complexity index is 1970.